The molecular formula is C13H14BrF2NO2. The zero-order valence-corrected chi connectivity index (χ0v) is 11.7. The molecule has 2 unspecified atom stereocenters. The molecule has 0 aromatic heterocycles. The Hall–Kier alpha value is -1.01. The van der Waals surface area contributed by atoms with E-state index in [0.29, 0.717) is 0 Å². The van der Waals surface area contributed by atoms with Crippen molar-refractivity contribution in [3.8, 4) is 0 Å². The molecule has 2 N–H and O–H groups in total. The smallest absolute Gasteiger partial charge is 0.307 e. The number of benzene rings is 1. The van der Waals surface area contributed by atoms with E-state index in [1.54, 1.807) is 18.2 Å². The third-order valence-electron chi connectivity index (χ3n) is 3.41. The molecule has 0 spiro atoms. The summed E-state index contributed by atoms with van der Waals surface area (Å²) in [5.41, 5.74) is 0.740. The average molecular weight is 334 g/mol. The van der Waals surface area contributed by atoms with Gasteiger partial charge in [-0.05, 0) is 24.1 Å². The van der Waals surface area contributed by atoms with E-state index in [9.17, 15) is 18.7 Å². The lowest BCUT2D eigenvalue weighted by Crippen LogP contribution is -2.37. The zero-order valence-electron chi connectivity index (χ0n) is 10.1. The van der Waals surface area contributed by atoms with Crippen molar-refractivity contribution in [2.75, 3.05) is 13.1 Å². The molecule has 104 valence electrons. The molecule has 2 rings (SSSR count). The van der Waals surface area contributed by atoms with E-state index in [2.05, 4.69) is 21.2 Å². The molecule has 1 aromatic carbocycles. The molecule has 3 nitrogen and oxygen atoms in total. The van der Waals surface area contributed by atoms with Gasteiger partial charge in [0.2, 0.25) is 0 Å². The van der Waals surface area contributed by atoms with Crippen LogP contribution in [0.25, 0.3) is 0 Å². The molecule has 1 saturated heterocycles. The number of carboxylic acid groups (broad SMARTS) is 1. The van der Waals surface area contributed by atoms with Crippen molar-refractivity contribution in [3.05, 3.63) is 34.3 Å². The summed E-state index contributed by atoms with van der Waals surface area (Å²) < 4.78 is 28.1. The van der Waals surface area contributed by atoms with Crippen molar-refractivity contribution in [2.24, 2.45) is 11.8 Å². The fourth-order valence-corrected chi connectivity index (χ4v) is 2.88. The van der Waals surface area contributed by atoms with Gasteiger partial charge in [0.25, 0.3) is 5.92 Å². The second kappa shape index (κ2) is 5.54. The predicted molar refractivity (Wildman–Crippen MR) is 70.3 cm³/mol. The first-order valence-corrected chi connectivity index (χ1v) is 6.75. The quantitative estimate of drug-likeness (QED) is 0.890. The van der Waals surface area contributed by atoms with E-state index in [0.717, 1.165) is 10.0 Å². The van der Waals surface area contributed by atoms with Gasteiger partial charge in [-0.2, -0.15) is 0 Å². The Morgan fingerprint density at radius 1 is 1.58 bits per heavy atom. The van der Waals surface area contributed by atoms with Crippen molar-refractivity contribution in [3.63, 3.8) is 0 Å². The summed E-state index contributed by atoms with van der Waals surface area (Å²) in [6.45, 7) is -0.405. The summed E-state index contributed by atoms with van der Waals surface area (Å²) >= 11 is 3.29. The molecule has 1 aliphatic rings. The van der Waals surface area contributed by atoms with Gasteiger partial charge in [-0.3, -0.25) is 4.79 Å². The normalized spacial score (nSPS) is 23.2. The summed E-state index contributed by atoms with van der Waals surface area (Å²) in [6.07, 6.45) is 0.108. The minimum atomic E-state index is -2.96. The summed E-state index contributed by atoms with van der Waals surface area (Å²) in [6, 6.07) is 7.09. The number of hydrogen-bond donors (Lipinski definition) is 2. The van der Waals surface area contributed by atoms with Gasteiger partial charge in [-0.25, -0.2) is 8.78 Å². The number of alkyl halides is 2. The molecule has 1 heterocycles. The SMILES string of the molecule is O=C(O)C(Cc1cccc(Br)c1)C1CNCC1(F)F. The Morgan fingerprint density at radius 3 is 2.84 bits per heavy atom. The van der Waals surface area contributed by atoms with Crippen LogP contribution in [0.15, 0.2) is 28.7 Å². The lowest BCUT2D eigenvalue weighted by Gasteiger charge is -2.24. The van der Waals surface area contributed by atoms with Crippen LogP contribution in [-0.2, 0) is 11.2 Å². The molecule has 0 aliphatic carbocycles. The first-order chi connectivity index (χ1) is 8.90. The number of hydrogen-bond acceptors (Lipinski definition) is 2. The van der Waals surface area contributed by atoms with Crippen molar-refractivity contribution >= 4 is 21.9 Å². The van der Waals surface area contributed by atoms with Crippen LogP contribution in [-0.4, -0.2) is 30.1 Å². The fraction of sp³-hybridized carbons (Fsp3) is 0.462. The Labute approximate surface area is 118 Å². The Morgan fingerprint density at radius 2 is 2.32 bits per heavy atom. The van der Waals surface area contributed by atoms with Crippen LogP contribution in [0.5, 0.6) is 0 Å². The van der Waals surface area contributed by atoms with Gasteiger partial charge in [0, 0.05) is 11.0 Å². The van der Waals surface area contributed by atoms with Gasteiger partial charge >= 0.3 is 5.97 Å². The van der Waals surface area contributed by atoms with Crippen LogP contribution >= 0.6 is 15.9 Å². The summed E-state index contributed by atoms with van der Waals surface area (Å²) in [5.74, 6) is -6.38. The fourth-order valence-electron chi connectivity index (χ4n) is 2.43. The van der Waals surface area contributed by atoms with Gasteiger partial charge in [-0.15, -0.1) is 0 Å². The highest BCUT2D eigenvalue weighted by Crippen LogP contribution is 2.35. The predicted octanol–water partition coefficient (Wildman–Crippen LogP) is 2.55. The number of aliphatic carboxylic acids is 1. The highest BCUT2D eigenvalue weighted by Gasteiger charge is 2.50. The van der Waals surface area contributed by atoms with Crippen molar-refractivity contribution in [1.82, 2.24) is 5.32 Å². The van der Waals surface area contributed by atoms with Gasteiger partial charge < -0.3 is 10.4 Å². The van der Waals surface area contributed by atoms with E-state index in [1.807, 2.05) is 6.07 Å². The Balaban J connectivity index is 2.20. The lowest BCUT2D eigenvalue weighted by molar-refractivity contribution is -0.148. The Kier molecular flexibility index (Phi) is 4.20. The molecule has 2 atom stereocenters. The standard InChI is InChI=1S/C13H14BrF2NO2/c14-9-3-1-2-8(4-9)5-10(12(18)19)11-6-17-7-13(11,15)16/h1-4,10-11,17H,5-7H2,(H,18,19). The van der Waals surface area contributed by atoms with Gasteiger partial charge in [0.1, 0.15) is 0 Å². The van der Waals surface area contributed by atoms with E-state index in [-0.39, 0.29) is 13.0 Å². The maximum Gasteiger partial charge on any atom is 0.307 e. The zero-order chi connectivity index (χ0) is 14.0. The topological polar surface area (TPSA) is 49.3 Å². The number of nitrogens with one attached hydrogen (secondary N) is 1. The van der Waals surface area contributed by atoms with Crippen molar-refractivity contribution < 1.29 is 18.7 Å². The molecule has 1 fully saturated rings. The van der Waals surface area contributed by atoms with Crippen molar-refractivity contribution in [1.29, 1.82) is 0 Å². The van der Waals surface area contributed by atoms with E-state index >= 15 is 0 Å². The first kappa shape index (κ1) is 14.4. The third-order valence-corrected chi connectivity index (χ3v) is 3.91. The van der Waals surface area contributed by atoms with Gasteiger partial charge in [0.15, 0.2) is 0 Å². The maximum absolute atomic E-state index is 13.7. The van der Waals surface area contributed by atoms with Crippen LogP contribution in [0.2, 0.25) is 0 Å². The largest absolute Gasteiger partial charge is 0.481 e. The molecule has 0 saturated carbocycles. The number of carbonyl (C=O) groups is 1. The average Bonchev–Trinajstić information content (AvgIpc) is 2.65. The second-order valence-electron chi connectivity index (χ2n) is 4.78. The first-order valence-electron chi connectivity index (χ1n) is 5.96. The molecular weight excluding hydrogens is 320 g/mol. The summed E-state index contributed by atoms with van der Waals surface area (Å²) in [4.78, 5) is 11.3. The monoisotopic (exact) mass is 333 g/mol. The Bertz CT molecular complexity index is 481. The van der Waals surface area contributed by atoms with E-state index < -0.39 is 30.3 Å². The highest BCUT2D eigenvalue weighted by molar-refractivity contribution is 9.10. The van der Waals surface area contributed by atoms with Crippen LogP contribution in [0, 0.1) is 11.8 Å². The van der Waals surface area contributed by atoms with Crippen LogP contribution in [0.4, 0.5) is 8.78 Å². The van der Waals surface area contributed by atoms with Crippen LogP contribution in [0.1, 0.15) is 5.56 Å². The van der Waals surface area contributed by atoms with Crippen molar-refractivity contribution in [2.45, 2.75) is 12.3 Å². The molecule has 1 aromatic rings. The molecule has 0 radical (unpaired) electrons. The minimum absolute atomic E-state index is 0.0397. The number of rotatable bonds is 4. The van der Waals surface area contributed by atoms with Gasteiger partial charge in [-0.1, -0.05) is 28.1 Å². The van der Waals surface area contributed by atoms with E-state index in [4.69, 9.17) is 0 Å². The number of carboxylic acids is 1. The van der Waals surface area contributed by atoms with Crippen LogP contribution in [0.3, 0.4) is 0 Å². The third kappa shape index (κ3) is 3.30. The molecule has 1 aliphatic heterocycles. The van der Waals surface area contributed by atoms with Gasteiger partial charge in [0.05, 0.1) is 18.4 Å². The molecule has 6 heteroatoms. The minimum Gasteiger partial charge on any atom is -0.481 e. The lowest BCUT2D eigenvalue weighted by atomic mass is 9.84. The summed E-state index contributed by atoms with van der Waals surface area (Å²) in [7, 11) is 0. The summed E-state index contributed by atoms with van der Waals surface area (Å²) in [5, 5.41) is 11.8. The van der Waals surface area contributed by atoms with Crippen LogP contribution < -0.4 is 5.32 Å². The second-order valence-corrected chi connectivity index (χ2v) is 5.69. The highest BCUT2D eigenvalue weighted by atomic mass is 79.9. The van der Waals surface area contributed by atoms with E-state index in [1.165, 1.54) is 0 Å². The number of halogens is 3. The molecule has 0 bridgehead atoms. The molecule has 0 amide bonds. The maximum atomic E-state index is 13.7. The molecule has 19 heavy (non-hydrogen) atoms.